The largest absolute Gasteiger partial charge is 0.492 e. The van der Waals surface area contributed by atoms with Crippen molar-refractivity contribution >= 4 is 17.8 Å². The number of nitrogens with zero attached hydrogens (tertiary/aromatic N) is 3. The number of hydrogen-bond acceptors (Lipinski definition) is 3. The number of allylic oxidation sites excluding steroid dienone is 2. The summed E-state index contributed by atoms with van der Waals surface area (Å²) in [6, 6.07) is 23.8. The van der Waals surface area contributed by atoms with Crippen LogP contribution in [0.5, 0.6) is 0 Å². The Morgan fingerprint density at radius 2 is 1.61 bits per heavy atom. The molecule has 0 spiro atoms. The molecule has 0 aromatic heterocycles. The SMILES string of the molecule is CN1\C(=C/C=N/N=C(\O)c2ccccc2)C(C)(c2ccc(F)cc2)c2ccccc21.[Co]. The van der Waals surface area contributed by atoms with E-state index in [1.165, 1.54) is 12.1 Å². The number of rotatable bonds is 4. The Bertz CT molecular complexity index is 1140. The predicted octanol–water partition coefficient (Wildman–Crippen LogP) is 5.45. The van der Waals surface area contributed by atoms with Gasteiger partial charge in [-0.15, -0.1) is 5.10 Å². The van der Waals surface area contributed by atoms with E-state index in [0.717, 1.165) is 22.5 Å². The van der Waals surface area contributed by atoms with Gasteiger partial charge >= 0.3 is 0 Å². The Hall–Kier alpha value is -3.22. The van der Waals surface area contributed by atoms with Gasteiger partial charge in [0.2, 0.25) is 5.90 Å². The predicted molar refractivity (Wildman–Crippen MR) is 120 cm³/mol. The molecule has 0 amide bonds. The van der Waals surface area contributed by atoms with Crippen molar-refractivity contribution in [3.05, 3.63) is 113 Å². The summed E-state index contributed by atoms with van der Waals surface area (Å²) in [6.07, 6.45) is 3.45. The van der Waals surface area contributed by atoms with Crippen molar-refractivity contribution in [1.29, 1.82) is 0 Å². The molecular weight excluding hydrogens is 436 g/mol. The van der Waals surface area contributed by atoms with Gasteiger partial charge in [-0.25, -0.2) is 4.39 Å². The molecule has 0 aliphatic carbocycles. The Labute approximate surface area is 191 Å². The molecule has 159 valence electrons. The van der Waals surface area contributed by atoms with Gasteiger partial charge < -0.3 is 10.0 Å². The molecule has 0 bridgehead atoms. The number of likely N-dealkylation sites (N-methyl/N-ethyl adjacent to an activating group) is 1. The van der Waals surface area contributed by atoms with Crippen molar-refractivity contribution in [2.75, 3.05) is 11.9 Å². The first-order valence-electron chi connectivity index (χ1n) is 9.67. The number of anilines is 1. The van der Waals surface area contributed by atoms with Gasteiger partial charge in [-0.1, -0.05) is 48.5 Å². The third-order valence-corrected chi connectivity index (χ3v) is 5.58. The summed E-state index contributed by atoms with van der Waals surface area (Å²) in [6.45, 7) is 2.12. The Morgan fingerprint density at radius 1 is 0.968 bits per heavy atom. The standard InChI is InChI=1S/C25H22FN3O.Co/c1-25(19-12-14-20(26)15-13-19)21-10-6-7-11-22(21)29(2)23(25)16-17-27-28-24(30)18-8-4-3-5-9-18;/h3-17H,1-2H3,(H,28,30);/b23-16-,27-17+;. The Balaban J connectivity index is 0.00000272. The second-order valence-corrected chi connectivity index (χ2v) is 7.31. The normalized spacial score (nSPS) is 19.5. The minimum atomic E-state index is -0.476. The molecule has 0 saturated carbocycles. The summed E-state index contributed by atoms with van der Waals surface area (Å²) in [5, 5.41) is 18.0. The van der Waals surface area contributed by atoms with Gasteiger partial charge in [0.25, 0.3) is 0 Å². The van der Waals surface area contributed by atoms with Gasteiger partial charge in [0.1, 0.15) is 5.82 Å². The van der Waals surface area contributed by atoms with E-state index in [0.29, 0.717) is 5.56 Å². The zero-order chi connectivity index (χ0) is 21.1. The number of aliphatic hydroxyl groups excluding tert-OH is 1. The summed E-state index contributed by atoms with van der Waals surface area (Å²) in [5.74, 6) is -0.408. The van der Waals surface area contributed by atoms with Crippen molar-refractivity contribution in [2.24, 2.45) is 10.2 Å². The maximum absolute atomic E-state index is 13.5. The van der Waals surface area contributed by atoms with Crippen LogP contribution < -0.4 is 4.90 Å². The van der Waals surface area contributed by atoms with E-state index < -0.39 is 5.41 Å². The molecule has 3 aromatic rings. The molecule has 1 aliphatic heterocycles. The van der Waals surface area contributed by atoms with Gasteiger partial charge in [0, 0.05) is 40.8 Å². The van der Waals surface area contributed by atoms with E-state index in [1.54, 1.807) is 18.3 Å². The number of hydrogen-bond donors (Lipinski definition) is 1. The molecule has 1 heterocycles. The molecule has 0 fully saturated rings. The molecule has 3 aromatic carbocycles. The number of aliphatic hydroxyl groups is 1. The van der Waals surface area contributed by atoms with E-state index >= 15 is 0 Å². The minimum Gasteiger partial charge on any atom is -0.492 e. The number of fused-ring (bicyclic) bond motifs is 1. The summed E-state index contributed by atoms with van der Waals surface area (Å²) in [7, 11) is 2.00. The zero-order valence-corrected chi connectivity index (χ0v) is 18.2. The number of halogens is 1. The number of para-hydroxylation sites is 1. The van der Waals surface area contributed by atoms with E-state index in [4.69, 9.17) is 0 Å². The Morgan fingerprint density at radius 3 is 2.32 bits per heavy atom. The molecule has 1 unspecified atom stereocenters. The van der Waals surface area contributed by atoms with Crippen LogP contribution in [0.15, 0.2) is 101 Å². The molecular formula is C25H22CoFN3O. The first-order valence-corrected chi connectivity index (χ1v) is 9.67. The van der Waals surface area contributed by atoms with Crippen LogP contribution in [0.25, 0.3) is 0 Å². The zero-order valence-electron chi connectivity index (χ0n) is 17.2. The van der Waals surface area contributed by atoms with Crippen molar-refractivity contribution in [3.63, 3.8) is 0 Å². The fourth-order valence-electron chi connectivity index (χ4n) is 3.99. The molecule has 1 N–H and O–H groups in total. The fourth-order valence-corrected chi connectivity index (χ4v) is 3.99. The first kappa shape index (κ1) is 22.5. The van der Waals surface area contributed by atoms with Crippen LogP contribution >= 0.6 is 0 Å². The van der Waals surface area contributed by atoms with Gasteiger partial charge in [-0.05, 0) is 54.5 Å². The van der Waals surface area contributed by atoms with Gasteiger partial charge in [0.05, 0.1) is 11.6 Å². The van der Waals surface area contributed by atoms with Gasteiger partial charge in [-0.2, -0.15) is 5.10 Å². The average Bonchev–Trinajstić information content (AvgIpc) is 3.00. The summed E-state index contributed by atoms with van der Waals surface area (Å²) < 4.78 is 13.5. The van der Waals surface area contributed by atoms with E-state index in [-0.39, 0.29) is 28.5 Å². The van der Waals surface area contributed by atoms with Crippen molar-refractivity contribution < 1.29 is 26.3 Å². The second kappa shape index (κ2) is 9.28. The van der Waals surface area contributed by atoms with Gasteiger partial charge in [-0.3, -0.25) is 0 Å². The first-order chi connectivity index (χ1) is 14.5. The monoisotopic (exact) mass is 458 g/mol. The quantitative estimate of drug-likeness (QED) is 0.321. The van der Waals surface area contributed by atoms with Crippen LogP contribution in [0.1, 0.15) is 23.6 Å². The molecule has 1 atom stereocenters. The fraction of sp³-hybridized carbons (Fsp3) is 0.120. The summed E-state index contributed by atoms with van der Waals surface area (Å²) >= 11 is 0. The molecule has 31 heavy (non-hydrogen) atoms. The average molecular weight is 458 g/mol. The number of benzene rings is 3. The van der Waals surface area contributed by atoms with Crippen molar-refractivity contribution in [2.45, 2.75) is 12.3 Å². The molecule has 4 nitrogen and oxygen atoms in total. The summed E-state index contributed by atoms with van der Waals surface area (Å²) in [5.41, 5.74) is 4.30. The maximum atomic E-state index is 13.5. The topological polar surface area (TPSA) is 48.2 Å². The van der Waals surface area contributed by atoms with E-state index in [9.17, 15) is 9.50 Å². The molecule has 0 saturated heterocycles. The van der Waals surface area contributed by atoms with Crippen LogP contribution in [0, 0.1) is 5.82 Å². The van der Waals surface area contributed by atoms with Crippen LogP contribution in [0.2, 0.25) is 0 Å². The third kappa shape index (κ3) is 4.17. The van der Waals surface area contributed by atoms with E-state index in [2.05, 4.69) is 34.2 Å². The van der Waals surface area contributed by atoms with Crippen molar-refractivity contribution in [3.8, 4) is 0 Å². The maximum Gasteiger partial charge on any atom is 0.238 e. The molecule has 1 radical (unpaired) electrons. The van der Waals surface area contributed by atoms with Crippen LogP contribution in [-0.2, 0) is 22.2 Å². The van der Waals surface area contributed by atoms with Gasteiger partial charge in [0.15, 0.2) is 0 Å². The van der Waals surface area contributed by atoms with Crippen LogP contribution in [0.4, 0.5) is 10.1 Å². The van der Waals surface area contributed by atoms with E-state index in [1.807, 2.05) is 55.6 Å². The molecule has 1 aliphatic rings. The Kier molecular flexibility index (Phi) is 6.73. The smallest absolute Gasteiger partial charge is 0.238 e. The molecule has 6 heteroatoms. The van der Waals surface area contributed by atoms with Crippen LogP contribution in [-0.4, -0.2) is 24.3 Å². The third-order valence-electron chi connectivity index (χ3n) is 5.58. The second-order valence-electron chi connectivity index (χ2n) is 7.31. The summed E-state index contributed by atoms with van der Waals surface area (Å²) in [4.78, 5) is 2.10. The minimum absolute atomic E-state index is 0. The molecule has 4 rings (SSSR count). The van der Waals surface area contributed by atoms with Crippen molar-refractivity contribution in [1.82, 2.24) is 0 Å². The van der Waals surface area contributed by atoms with Crippen LogP contribution in [0.3, 0.4) is 0 Å².